The van der Waals surface area contributed by atoms with Crippen LogP contribution in [0.3, 0.4) is 0 Å². The Kier molecular flexibility index (Phi) is 15.7. The molecule has 0 heterocycles. The Morgan fingerprint density at radius 2 is 1.29 bits per heavy atom. The van der Waals surface area contributed by atoms with Gasteiger partial charge in [0.15, 0.2) is 0 Å². The third kappa shape index (κ3) is 15.6. The lowest BCUT2D eigenvalue weighted by molar-refractivity contribution is -0.138. The molecule has 0 radical (unpaired) electrons. The molecule has 6 nitrogen and oxygen atoms in total. The van der Waals surface area contributed by atoms with E-state index in [1.54, 1.807) is 0 Å². The number of aliphatic carboxylic acids is 1. The zero-order valence-electron chi connectivity index (χ0n) is 15.3. The van der Waals surface area contributed by atoms with Crippen molar-refractivity contribution in [3.8, 4) is 0 Å². The van der Waals surface area contributed by atoms with Crippen molar-refractivity contribution in [1.82, 2.24) is 10.6 Å². The largest absolute Gasteiger partial charge is 0.480 e. The van der Waals surface area contributed by atoms with Crippen LogP contribution in [0.1, 0.15) is 84.0 Å². The van der Waals surface area contributed by atoms with Crippen molar-refractivity contribution >= 4 is 12.0 Å². The Balaban J connectivity index is 3.25. The van der Waals surface area contributed by atoms with Gasteiger partial charge in [0.1, 0.15) is 6.04 Å². The summed E-state index contributed by atoms with van der Waals surface area (Å²) in [6, 6.07) is -1.03. The van der Waals surface area contributed by atoms with Gasteiger partial charge in [0.05, 0.1) is 0 Å². The van der Waals surface area contributed by atoms with E-state index in [1.165, 1.54) is 51.4 Å². The molecule has 0 bridgehead atoms. The first-order chi connectivity index (χ1) is 11.6. The van der Waals surface area contributed by atoms with Crippen LogP contribution in [-0.2, 0) is 4.79 Å². The van der Waals surface area contributed by atoms with Crippen LogP contribution in [0.2, 0.25) is 0 Å². The molecule has 0 spiro atoms. The molecule has 1 atom stereocenters. The summed E-state index contributed by atoms with van der Waals surface area (Å²) < 4.78 is 0. The fraction of sp³-hybridized carbons (Fsp3) is 0.889. The highest BCUT2D eigenvalue weighted by Gasteiger charge is 2.10. The van der Waals surface area contributed by atoms with Gasteiger partial charge >= 0.3 is 12.0 Å². The van der Waals surface area contributed by atoms with Gasteiger partial charge in [0, 0.05) is 13.1 Å². The zero-order chi connectivity index (χ0) is 18.0. The van der Waals surface area contributed by atoms with E-state index < -0.39 is 12.0 Å². The second kappa shape index (κ2) is 16.6. The fourth-order valence-corrected chi connectivity index (χ4v) is 2.52. The molecule has 0 rings (SSSR count). The van der Waals surface area contributed by atoms with Crippen LogP contribution in [0, 0.1) is 0 Å². The van der Waals surface area contributed by atoms with Crippen LogP contribution < -0.4 is 16.4 Å². The highest BCUT2D eigenvalue weighted by molar-refractivity contribution is 5.74. The van der Waals surface area contributed by atoms with E-state index in [0.717, 1.165) is 12.8 Å². The van der Waals surface area contributed by atoms with Gasteiger partial charge < -0.3 is 21.5 Å². The van der Waals surface area contributed by atoms with Crippen LogP contribution in [0.15, 0.2) is 0 Å². The topological polar surface area (TPSA) is 104 Å². The number of unbranched alkanes of at least 4 members (excludes halogenated alkanes) is 9. The third-order valence-corrected chi connectivity index (χ3v) is 4.11. The Hall–Kier alpha value is -1.30. The maximum Gasteiger partial charge on any atom is 0.320 e. The molecular weight excluding hydrogens is 306 g/mol. The van der Waals surface area contributed by atoms with Crippen LogP contribution in [0.4, 0.5) is 4.79 Å². The van der Waals surface area contributed by atoms with E-state index >= 15 is 0 Å². The van der Waals surface area contributed by atoms with Crippen molar-refractivity contribution in [2.24, 2.45) is 5.73 Å². The smallest absolute Gasteiger partial charge is 0.320 e. The number of carbonyl (C=O) groups is 2. The number of urea groups is 1. The Morgan fingerprint density at radius 3 is 1.79 bits per heavy atom. The summed E-state index contributed by atoms with van der Waals surface area (Å²) in [5.41, 5.74) is 5.38. The van der Waals surface area contributed by atoms with Crippen molar-refractivity contribution in [2.45, 2.75) is 90.0 Å². The van der Waals surface area contributed by atoms with Crippen LogP contribution in [-0.4, -0.2) is 36.2 Å². The van der Waals surface area contributed by atoms with Crippen molar-refractivity contribution in [2.75, 3.05) is 13.1 Å². The highest BCUT2D eigenvalue weighted by atomic mass is 16.4. The van der Waals surface area contributed by atoms with Gasteiger partial charge in [-0.25, -0.2) is 4.79 Å². The second-order valence-electron chi connectivity index (χ2n) is 6.45. The molecule has 0 aromatic carbocycles. The highest BCUT2D eigenvalue weighted by Crippen LogP contribution is 2.10. The molecule has 0 fully saturated rings. The van der Waals surface area contributed by atoms with Gasteiger partial charge in [-0.2, -0.15) is 0 Å². The summed E-state index contributed by atoms with van der Waals surface area (Å²) in [5.74, 6) is -1.000. The number of nitrogens with one attached hydrogen (secondary N) is 2. The minimum Gasteiger partial charge on any atom is -0.480 e. The number of carboxylic acids is 1. The minimum absolute atomic E-state index is 0.185. The molecule has 2 amide bonds. The number of carboxylic acid groups (broad SMARTS) is 1. The molecule has 0 saturated heterocycles. The van der Waals surface area contributed by atoms with E-state index in [9.17, 15) is 9.59 Å². The molecule has 24 heavy (non-hydrogen) atoms. The first-order valence-electron chi connectivity index (χ1n) is 9.58. The van der Waals surface area contributed by atoms with Crippen molar-refractivity contribution in [1.29, 1.82) is 0 Å². The first kappa shape index (κ1) is 22.7. The number of hydrogen-bond donors (Lipinski definition) is 4. The lowest BCUT2D eigenvalue weighted by Crippen LogP contribution is -2.37. The van der Waals surface area contributed by atoms with Crippen LogP contribution >= 0.6 is 0 Å². The summed E-state index contributed by atoms with van der Waals surface area (Å²) in [4.78, 5) is 22.0. The monoisotopic (exact) mass is 343 g/mol. The summed E-state index contributed by atoms with van der Waals surface area (Å²) in [6.45, 7) is 3.38. The van der Waals surface area contributed by atoms with Gasteiger partial charge in [0.2, 0.25) is 0 Å². The maximum atomic E-state index is 11.5. The average Bonchev–Trinajstić information content (AvgIpc) is 2.56. The normalized spacial score (nSPS) is 11.9. The third-order valence-electron chi connectivity index (χ3n) is 4.11. The molecule has 6 heteroatoms. The number of hydrogen-bond acceptors (Lipinski definition) is 3. The standard InChI is InChI=1S/C18H37N3O3/c1-2-3-4-5-6-7-8-9-10-11-14-20-18(24)21-15-12-13-16(19)17(22)23/h16H,2-15,19H2,1H3,(H,22,23)(H2,20,21,24)/t16-/m0/s1. The molecular formula is C18H37N3O3. The summed E-state index contributed by atoms with van der Waals surface area (Å²) >= 11 is 0. The number of carbonyl (C=O) groups excluding carboxylic acids is 1. The Morgan fingerprint density at radius 1 is 0.833 bits per heavy atom. The number of amides is 2. The molecule has 5 N–H and O–H groups in total. The second-order valence-corrected chi connectivity index (χ2v) is 6.45. The molecule has 0 aliphatic heterocycles. The molecule has 0 aliphatic carbocycles. The zero-order valence-corrected chi connectivity index (χ0v) is 15.3. The van der Waals surface area contributed by atoms with Crippen molar-refractivity contribution < 1.29 is 14.7 Å². The van der Waals surface area contributed by atoms with E-state index in [0.29, 0.717) is 25.9 Å². The fourth-order valence-electron chi connectivity index (χ4n) is 2.52. The van der Waals surface area contributed by atoms with Gasteiger partial charge in [-0.05, 0) is 19.3 Å². The molecule has 0 aromatic rings. The van der Waals surface area contributed by atoms with Gasteiger partial charge in [-0.15, -0.1) is 0 Å². The minimum atomic E-state index is -1.000. The van der Waals surface area contributed by atoms with Crippen molar-refractivity contribution in [3.63, 3.8) is 0 Å². The quantitative estimate of drug-likeness (QED) is 0.322. The lowest BCUT2D eigenvalue weighted by atomic mass is 10.1. The van der Waals surface area contributed by atoms with E-state index in [4.69, 9.17) is 10.8 Å². The van der Waals surface area contributed by atoms with Gasteiger partial charge in [-0.3, -0.25) is 4.79 Å². The van der Waals surface area contributed by atoms with Crippen LogP contribution in [0.25, 0.3) is 0 Å². The van der Waals surface area contributed by atoms with E-state index in [2.05, 4.69) is 17.6 Å². The number of nitrogens with two attached hydrogens (primary N) is 1. The van der Waals surface area contributed by atoms with E-state index in [1.807, 2.05) is 0 Å². The predicted molar refractivity (Wildman–Crippen MR) is 98.1 cm³/mol. The molecule has 0 saturated carbocycles. The summed E-state index contributed by atoms with van der Waals surface area (Å²) in [5, 5.41) is 14.2. The van der Waals surface area contributed by atoms with Crippen LogP contribution in [0.5, 0.6) is 0 Å². The summed E-state index contributed by atoms with van der Waals surface area (Å²) in [7, 11) is 0. The maximum absolute atomic E-state index is 11.5. The van der Waals surface area contributed by atoms with Gasteiger partial charge in [0.25, 0.3) is 0 Å². The Labute approximate surface area is 147 Å². The van der Waals surface area contributed by atoms with Crippen molar-refractivity contribution in [3.05, 3.63) is 0 Å². The predicted octanol–water partition coefficient (Wildman–Crippen LogP) is 3.40. The van der Waals surface area contributed by atoms with E-state index in [-0.39, 0.29) is 6.03 Å². The SMILES string of the molecule is CCCCCCCCCCCCNC(=O)NCCC[C@H](N)C(=O)O. The molecule has 142 valence electrons. The number of rotatable bonds is 16. The summed E-state index contributed by atoms with van der Waals surface area (Å²) in [6.07, 6.45) is 13.7. The molecule has 0 unspecified atom stereocenters. The average molecular weight is 344 g/mol. The molecule has 0 aliphatic rings. The Bertz CT molecular complexity index is 325. The lowest BCUT2D eigenvalue weighted by Gasteiger charge is -2.09. The first-order valence-corrected chi connectivity index (χ1v) is 9.58. The molecule has 0 aromatic heterocycles. The van der Waals surface area contributed by atoms with Gasteiger partial charge in [-0.1, -0.05) is 64.7 Å².